The molecule has 0 amide bonds. The van der Waals surface area contributed by atoms with Gasteiger partial charge in [0.15, 0.2) is 5.75 Å². The Morgan fingerprint density at radius 2 is 1.80 bits per heavy atom. The SMILES string of the molecule is CCn1c(Sc2ccc(C(C)C)cc2)c(C(=O)OC)c2c(N3CCN(C)CC3)c(O)c(Cl)c(C)c21. The van der Waals surface area contributed by atoms with Crippen molar-refractivity contribution >= 4 is 45.9 Å². The fourth-order valence-corrected chi connectivity index (χ4v) is 6.08. The van der Waals surface area contributed by atoms with Crippen molar-refractivity contribution in [2.24, 2.45) is 0 Å². The van der Waals surface area contributed by atoms with E-state index in [1.54, 1.807) is 11.8 Å². The van der Waals surface area contributed by atoms with E-state index >= 15 is 0 Å². The molecule has 0 radical (unpaired) electrons. The van der Waals surface area contributed by atoms with Crippen molar-refractivity contribution in [3.8, 4) is 5.75 Å². The highest BCUT2D eigenvalue weighted by molar-refractivity contribution is 7.99. The van der Waals surface area contributed by atoms with Crippen LogP contribution >= 0.6 is 23.4 Å². The number of aromatic nitrogens is 1. The normalized spacial score (nSPS) is 14.8. The number of ether oxygens (including phenoxy) is 1. The summed E-state index contributed by atoms with van der Waals surface area (Å²) < 4.78 is 7.42. The van der Waals surface area contributed by atoms with Crippen LogP contribution in [0, 0.1) is 6.92 Å². The molecule has 8 heteroatoms. The van der Waals surface area contributed by atoms with E-state index in [1.165, 1.54) is 12.7 Å². The molecule has 0 unspecified atom stereocenters. The fraction of sp³-hybridized carbons (Fsp3) is 0.444. The maximum Gasteiger partial charge on any atom is 0.341 e. The summed E-state index contributed by atoms with van der Waals surface area (Å²) in [5.41, 5.74) is 3.99. The van der Waals surface area contributed by atoms with E-state index in [2.05, 4.69) is 66.5 Å². The summed E-state index contributed by atoms with van der Waals surface area (Å²) in [6, 6.07) is 8.45. The van der Waals surface area contributed by atoms with Crippen LogP contribution in [0.3, 0.4) is 0 Å². The molecule has 188 valence electrons. The van der Waals surface area contributed by atoms with E-state index in [1.807, 2.05) is 6.92 Å². The number of rotatable bonds is 6. The third kappa shape index (κ3) is 4.61. The molecule has 0 aliphatic carbocycles. The summed E-state index contributed by atoms with van der Waals surface area (Å²) >= 11 is 8.24. The number of piperazine rings is 1. The first-order chi connectivity index (χ1) is 16.7. The molecule has 1 aliphatic heterocycles. The first kappa shape index (κ1) is 25.7. The Morgan fingerprint density at radius 1 is 1.17 bits per heavy atom. The number of halogens is 1. The highest BCUT2D eigenvalue weighted by atomic mass is 35.5. The molecule has 2 aromatic carbocycles. The van der Waals surface area contributed by atoms with Gasteiger partial charge in [-0.1, -0.05) is 49.3 Å². The van der Waals surface area contributed by atoms with Crippen LogP contribution < -0.4 is 4.90 Å². The molecular formula is C27H34ClN3O3S. The Morgan fingerprint density at radius 3 is 2.34 bits per heavy atom. The van der Waals surface area contributed by atoms with Gasteiger partial charge in [0, 0.05) is 43.0 Å². The second kappa shape index (κ2) is 10.3. The third-order valence-electron chi connectivity index (χ3n) is 6.86. The van der Waals surface area contributed by atoms with Crippen molar-refractivity contribution < 1.29 is 14.6 Å². The number of phenolic OH excluding ortho intramolecular Hbond substituents is 1. The molecule has 1 aliphatic rings. The van der Waals surface area contributed by atoms with E-state index in [4.69, 9.17) is 16.3 Å². The molecule has 2 heterocycles. The summed E-state index contributed by atoms with van der Waals surface area (Å²) in [5.74, 6) is 0.0538. The number of fused-ring (bicyclic) bond motifs is 1. The fourth-order valence-electron chi connectivity index (χ4n) is 4.79. The van der Waals surface area contributed by atoms with Gasteiger partial charge in [0.1, 0.15) is 5.56 Å². The zero-order chi connectivity index (χ0) is 25.4. The molecule has 3 aromatic rings. The number of likely N-dealkylation sites (N-methyl/N-ethyl adjacent to an activating group) is 1. The molecule has 1 N–H and O–H groups in total. The first-order valence-electron chi connectivity index (χ1n) is 12.1. The lowest BCUT2D eigenvalue weighted by Crippen LogP contribution is -2.44. The van der Waals surface area contributed by atoms with Gasteiger partial charge in [0.25, 0.3) is 0 Å². The second-order valence-corrected chi connectivity index (χ2v) is 10.8. The van der Waals surface area contributed by atoms with Gasteiger partial charge >= 0.3 is 5.97 Å². The second-order valence-electron chi connectivity index (χ2n) is 9.39. The monoisotopic (exact) mass is 515 g/mol. The maximum atomic E-state index is 13.3. The molecule has 0 bridgehead atoms. The number of aromatic hydroxyl groups is 1. The third-order valence-corrected chi connectivity index (χ3v) is 8.44. The maximum absolute atomic E-state index is 13.3. The van der Waals surface area contributed by atoms with Crippen LogP contribution in [-0.4, -0.2) is 60.9 Å². The summed E-state index contributed by atoms with van der Waals surface area (Å²) in [6.07, 6.45) is 0. The van der Waals surface area contributed by atoms with Gasteiger partial charge in [-0.05, 0) is 50.1 Å². The number of aryl methyl sites for hydroxylation is 2. The zero-order valence-electron chi connectivity index (χ0n) is 21.3. The van der Waals surface area contributed by atoms with Crippen molar-refractivity contribution in [1.82, 2.24) is 9.47 Å². The molecule has 0 saturated carbocycles. The van der Waals surface area contributed by atoms with E-state index < -0.39 is 5.97 Å². The quantitative estimate of drug-likeness (QED) is 0.398. The Kier molecular flexibility index (Phi) is 7.60. The van der Waals surface area contributed by atoms with Crippen molar-refractivity contribution in [3.05, 3.63) is 46.0 Å². The lowest BCUT2D eigenvalue weighted by Gasteiger charge is -2.35. The number of nitrogens with zero attached hydrogens (tertiary/aromatic N) is 3. The number of phenols is 1. The Balaban J connectivity index is 2.00. The number of hydrogen-bond acceptors (Lipinski definition) is 6. The molecule has 1 saturated heterocycles. The van der Waals surface area contributed by atoms with E-state index in [0.717, 1.165) is 47.2 Å². The first-order valence-corrected chi connectivity index (χ1v) is 13.3. The number of carbonyl (C=O) groups is 1. The predicted molar refractivity (Wildman–Crippen MR) is 145 cm³/mol. The lowest BCUT2D eigenvalue weighted by molar-refractivity contribution is 0.0598. The van der Waals surface area contributed by atoms with Gasteiger partial charge in [-0.3, -0.25) is 0 Å². The van der Waals surface area contributed by atoms with Crippen LogP contribution in [0.15, 0.2) is 34.2 Å². The number of carbonyl (C=O) groups excluding carboxylic acids is 1. The summed E-state index contributed by atoms with van der Waals surface area (Å²) in [7, 11) is 3.49. The lowest BCUT2D eigenvalue weighted by atomic mass is 10.0. The summed E-state index contributed by atoms with van der Waals surface area (Å²) in [6.45, 7) is 12.1. The molecule has 35 heavy (non-hydrogen) atoms. The number of hydrogen-bond donors (Lipinski definition) is 1. The average Bonchev–Trinajstić information content (AvgIpc) is 3.17. The van der Waals surface area contributed by atoms with Crippen molar-refractivity contribution in [2.75, 3.05) is 45.2 Å². The topological polar surface area (TPSA) is 57.9 Å². The molecular weight excluding hydrogens is 482 g/mol. The number of anilines is 1. The van der Waals surface area contributed by atoms with Gasteiger partial charge in [0.2, 0.25) is 0 Å². The highest BCUT2D eigenvalue weighted by Gasteiger charge is 2.32. The molecule has 1 aromatic heterocycles. The summed E-state index contributed by atoms with van der Waals surface area (Å²) in [5, 5.41) is 13.1. The Hall–Kier alpha value is -2.35. The molecule has 0 spiro atoms. The van der Waals surface area contributed by atoms with Crippen LogP contribution in [-0.2, 0) is 11.3 Å². The number of benzene rings is 2. The van der Waals surface area contributed by atoms with Crippen molar-refractivity contribution in [1.29, 1.82) is 0 Å². The minimum absolute atomic E-state index is 0.0254. The smallest absolute Gasteiger partial charge is 0.341 e. The van der Waals surface area contributed by atoms with Crippen LogP contribution in [0.25, 0.3) is 10.9 Å². The van der Waals surface area contributed by atoms with Gasteiger partial charge < -0.3 is 24.2 Å². The van der Waals surface area contributed by atoms with Gasteiger partial charge in [-0.2, -0.15) is 0 Å². The Bertz CT molecular complexity index is 1250. The minimum Gasteiger partial charge on any atom is -0.504 e. The van der Waals surface area contributed by atoms with E-state index in [-0.39, 0.29) is 5.75 Å². The standard InChI is InChI=1S/C27H34ClN3O3S/c1-7-31-23-17(4)22(28)25(32)24(30-14-12-29(5)13-15-30)20(23)21(27(33)34-6)26(31)35-19-10-8-18(9-11-19)16(2)3/h8-11,16,32H,7,12-15H2,1-6H3. The van der Waals surface area contributed by atoms with E-state index in [9.17, 15) is 9.90 Å². The molecule has 1 fully saturated rings. The van der Waals surface area contributed by atoms with Crippen molar-refractivity contribution in [2.45, 2.75) is 50.1 Å². The van der Waals surface area contributed by atoms with Crippen LogP contribution in [0.1, 0.15) is 48.2 Å². The van der Waals surface area contributed by atoms with E-state index in [0.29, 0.717) is 34.1 Å². The minimum atomic E-state index is -0.417. The van der Waals surface area contributed by atoms with Crippen LogP contribution in [0.4, 0.5) is 5.69 Å². The average molecular weight is 516 g/mol. The summed E-state index contributed by atoms with van der Waals surface area (Å²) in [4.78, 5) is 18.7. The van der Waals surface area contributed by atoms with Gasteiger partial charge in [-0.25, -0.2) is 4.79 Å². The molecule has 4 rings (SSSR count). The number of methoxy groups -OCH3 is 1. The largest absolute Gasteiger partial charge is 0.504 e. The van der Waals surface area contributed by atoms with Crippen LogP contribution in [0.5, 0.6) is 5.75 Å². The van der Waals surface area contributed by atoms with Gasteiger partial charge in [0.05, 0.1) is 28.4 Å². The molecule has 6 nitrogen and oxygen atoms in total. The van der Waals surface area contributed by atoms with Crippen molar-refractivity contribution in [3.63, 3.8) is 0 Å². The molecule has 0 atom stereocenters. The number of esters is 1. The predicted octanol–water partition coefficient (Wildman–Crippen LogP) is 6.14. The van der Waals surface area contributed by atoms with Crippen LogP contribution in [0.2, 0.25) is 5.02 Å². The zero-order valence-corrected chi connectivity index (χ0v) is 22.9. The Labute approximate surface area is 216 Å². The van der Waals surface area contributed by atoms with Gasteiger partial charge in [-0.15, -0.1) is 0 Å². The highest BCUT2D eigenvalue weighted by Crippen LogP contribution is 2.50.